The molecule has 31 heavy (non-hydrogen) atoms. The highest BCUT2D eigenvalue weighted by molar-refractivity contribution is 6.34. The van der Waals surface area contributed by atoms with Gasteiger partial charge in [-0.05, 0) is 49.2 Å². The molecule has 0 aliphatic carbocycles. The maximum Gasteiger partial charge on any atom is 0.253 e. The highest BCUT2D eigenvalue weighted by Crippen LogP contribution is 2.31. The second-order valence-electron chi connectivity index (χ2n) is 7.20. The number of halogens is 1. The number of carbonyl (C=O) groups excluding carboxylic acids is 2. The molecule has 0 aliphatic heterocycles. The number of hydrogen-bond donors (Lipinski definition) is 1. The van der Waals surface area contributed by atoms with Gasteiger partial charge in [-0.3, -0.25) is 19.6 Å². The van der Waals surface area contributed by atoms with E-state index in [9.17, 15) is 9.59 Å². The Morgan fingerprint density at radius 3 is 2.55 bits per heavy atom. The van der Waals surface area contributed by atoms with Crippen LogP contribution in [0.3, 0.4) is 0 Å². The zero-order valence-corrected chi connectivity index (χ0v) is 18.6. The van der Waals surface area contributed by atoms with Gasteiger partial charge in [0.15, 0.2) is 0 Å². The van der Waals surface area contributed by atoms with Crippen LogP contribution in [-0.2, 0) is 11.3 Å². The quantitative estimate of drug-likeness (QED) is 0.577. The van der Waals surface area contributed by atoms with Gasteiger partial charge in [-0.2, -0.15) is 0 Å². The molecule has 0 unspecified atom stereocenters. The normalized spacial score (nSPS) is 10.6. The van der Waals surface area contributed by atoms with Crippen LogP contribution in [0.15, 0.2) is 54.9 Å². The molecule has 2 amide bonds. The molecule has 0 saturated heterocycles. The van der Waals surface area contributed by atoms with Crippen LogP contribution in [0.2, 0.25) is 5.02 Å². The summed E-state index contributed by atoms with van der Waals surface area (Å²) in [4.78, 5) is 34.7. The van der Waals surface area contributed by atoms with E-state index in [1.54, 1.807) is 35.5 Å². The number of nitrogens with one attached hydrogen (secondary N) is 1. The Hall–Kier alpha value is -3.25. The van der Waals surface area contributed by atoms with Gasteiger partial charge in [0.05, 0.1) is 22.0 Å². The number of carbonyl (C=O) groups is 2. The van der Waals surface area contributed by atoms with Crippen LogP contribution in [0.25, 0.3) is 11.3 Å². The Morgan fingerprint density at radius 2 is 1.94 bits per heavy atom. The van der Waals surface area contributed by atoms with Crippen LogP contribution >= 0.6 is 11.6 Å². The van der Waals surface area contributed by atoms with Crippen LogP contribution in [-0.4, -0.2) is 28.3 Å². The van der Waals surface area contributed by atoms with E-state index in [0.29, 0.717) is 35.1 Å². The van der Waals surface area contributed by atoms with Crippen molar-refractivity contribution in [1.29, 1.82) is 0 Å². The summed E-state index contributed by atoms with van der Waals surface area (Å²) in [5, 5.41) is 3.37. The van der Waals surface area contributed by atoms with E-state index >= 15 is 0 Å². The van der Waals surface area contributed by atoms with Gasteiger partial charge in [0.1, 0.15) is 0 Å². The molecule has 0 saturated carbocycles. The molecule has 0 atom stereocenters. The Balaban J connectivity index is 1.72. The topological polar surface area (TPSA) is 75.2 Å². The highest BCUT2D eigenvalue weighted by Gasteiger charge is 2.15. The fourth-order valence-electron chi connectivity index (χ4n) is 3.24. The predicted molar refractivity (Wildman–Crippen MR) is 123 cm³/mol. The maximum atomic E-state index is 12.4. The molecule has 1 aromatic carbocycles. The first-order valence-corrected chi connectivity index (χ1v) is 10.5. The average Bonchev–Trinajstić information content (AvgIpc) is 2.77. The largest absolute Gasteiger partial charge is 0.348 e. The number of aryl methyl sites for hydroxylation is 1. The number of benzene rings is 1. The van der Waals surface area contributed by atoms with Crippen molar-refractivity contribution in [3.8, 4) is 11.3 Å². The summed E-state index contributed by atoms with van der Waals surface area (Å²) in [5.74, 6) is -0.251. The Morgan fingerprint density at radius 1 is 1.13 bits per heavy atom. The fourth-order valence-corrected chi connectivity index (χ4v) is 3.52. The molecule has 3 aromatic rings. The number of hydrogen-bond acceptors (Lipinski definition) is 4. The number of nitrogens with zero attached hydrogens (tertiary/aromatic N) is 3. The van der Waals surface area contributed by atoms with E-state index in [1.165, 1.54) is 6.92 Å². The first-order valence-electron chi connectivity index (χ1n) is 10.1. The molecular formula is C24H25ClN4O2. The summed E-state index contributed by atoms with van der Waals surface area (Å²) in [5.41, 5.74) is 4.52. The van der Waals surface area contributed by atoms with E-state index in [4.69, 9.17) is 11.6 Å². The summed E-state index contributed by atoms with van der Waals surface area (Å²) >= 11 is 6.46. The second kappa shape index (κ2) is 10.2. The van der Waals surface area contributed by atoms with E-state index in [2.05, 4.69) is 15.3 Å². The molecule has 2 aromatic heterocycles. The molecule has 3 rings (SSSR count). The SMILES string of the molecule is CCCN(C(C)=O)c1ccc(-c2ccc(C(=O)NCc3cccnc3C)cn2)cc1Cl. The minimum atomic E-state index is -0.202. The number of amides is 2. The molecule has 1 N–H and O–H groups in total. The Labute approximate surface area is 187 Å². The van der Waals surface area contributed by atoms with Crippen LogP contribution in [0.4, 0.5) is 5.69 Å². The lowest BCUT2D eigenvalue weighted by Crippen LogP contribution is -2.29. The lowest BCUT2D eigenvalue weighted by atomic mass is 10.1. The van der Waals surface area contributed by atoms with E-state index in [-0.39, 0.29) is 11.8 Å². The number of aromatic nitrogens is 2. The van der Waals surface area contributed by atoms with Crippen molar-refractivity contribution in [2.75, 3.05) is 11.4 Å². The molecule has 7 heteroatoms. The summed E-state index contributed by atoms with van der Waals surface area (Å²) in [7, 11) is 0. The molecule has 0 fully saturated rings. The molecule has 2 heterocycles. The van der Waals surface area contributed by atoms with Crippen molar-refractivity contribution in [2.24, 2.45) is 0 Å². The summed E-state index contributed by atoms with van der Waals surface area (Å²) in [6.07, 6.45) is 4.11. The van der Waals surface area contributed by atoms with Crippen molar-refractivity contribution >= 4 is 29.1 Å². The van der Waals surface area contributed by atoms with Crippen molar-refractivity contribution in [1.82, 2.24) is 15.3 Å². The molecule has 0 spiro atoms. The summed E-state index contributed by atoms with van der Waals surface area (Å²) in [6, 6.07) is 12.8. The molecular weight excluding hydrogens is 412 g/mol. The maximum absolute atomic E-state index is 12.4. The molecule has 6 nitrogen and oxygen atoms in total. The zero-order chi connectivity index (χ0) is 22.4. The standard InChI is InChI=1S/C24H25ClN4O2/c1-4-12-29(17(3)30)23-10-8-18(13-21(23)25)22-9-7-20(15-27-22)24(31)28-14-19-6-5-11-26-16(19)2/h5-11,13,15H,4,12,14H2,1-3H3,(H,28,31). The first kappa shape index (κ1) is 22.4. The smallest absolute Gasteiger partial charge is 0.253 e. The highest BCUT2D eigenvalue weighted by atomic mass is 35.5. The van der Waals surface area contributed by atoms with Gasteiger partial charge in [0.2, 0.25) is 5.91 Å². The van der Waals surface area contributed by atoms with Crippen LogP contribution in [0.1, 0.15) is 41.9 Å². The van der Waals surface area contributed by atoms with Crippen LogP contribution in [0.5, 0.6) is 0 Å². The minimum Gasteiger partial charge on any atom is -0.348 e. The van der Waals surface area contributed by atoms with Gasteiger partial charge in [0, 0.05) is 43.7 Å². The molecule has 0 radical (unpaired) electrons. The third-order valence-corrected chi connectivity index (χ3v) is 5.25. The predicted octanol–water partition coefficient (Wildman–Crippen LogP) is 4.80. The summed E-state index contributed by atoms with van der Waals surface area (Å²) in [6.45, 7) is 6.46. The van der Waals surface area contributed by atoms with Crippen LogP contribution < -0.4 is 10.2 Å². The number of anilines is 1. The van der Waals surface area contributed by atoms with E-state index in [0.717, 1.165) is 23.2 Å². The van der Waals surface area contributed by atoms with Crippen LogP contribution in [0, 0.1) is 6.92 Å². The first-order chi connectivity index (χ1) is 14.9. The lowest BCUT2D eigenvalue weighted by molar-refractivity contribution is -0.116. The third kappa shape index (κ3) is 5.47. The minimum absolute atomic E-state index is 0.0496. The van der Waals surface area contributed by atoms with Gasteiger partial charge in [-0.1, -0.05) is 30.7 Å². The van der Waals surface area contributed by atoms with Crippen molar-refractivity contribution in [3.63, 3.8) is 0 Å². The average molecular weight is 437 g/mol. The number of pyridine rings is 2. The van der Waals surface area contributed by atoms with Gasteiger partial charge in [-0.25, -0.2) is 0 Å². The number of rotatable bonds is 7. The van der Waals surface area contributed by atoms with Gasteiger partial charge < -0.3 is 10.2 Å². The third-order valence-electron chi connectivity index (χ3n) is 4.94. The van der Waals surface area contributed by atoms with Crippen molar-refractivity contribution in [2.45, 2.75) is 33.7 Å². The zero-order valence-electron chi connectivity index (χ0n) is 17.9. The second-order valence-corrected chi connectivity index (χ2v) is 7.61. The monoisotopic (exact) mass is 436 g/mol. The molecule has 160 valence electrons. The Bertz CT molecular complexity index is 1080. The fraction of sp³-hybridized carbons (Fsp3) is 0.250. The van der Waals surface area contributed by atoms with Crippen molar-refractivity contribution < 1.29 is 9.59 Å². The Kier molecular flexibility index (Phi) is 7.36. The van der Waals surface area contributed by atoms with Crippen molar-refractivity contribution in [3.05, 3.63) is 76.7 Å². The van der Waals surface area contributed by atoms with E-state index < -0.39 is 0 Å². The lowest BCUT2D eigenvalue weighted by Gasteiger charge is -2.22. The summed E-state index contributed by atoms with van der Waals surface area (Å²) < 4.78 is 0. The molecule has 0 bridgehead atoms. The molecule has 0 aliphatic rings. The van der Waals surface area contributed by atoms with Gasteiger partial charge in [-0.15, -0.1) is 0 Å². The van der Waals surface area contributed by atoms with Gasteiger partial charge >= 0.3 is 0 Å². The van der Waals surface area contributed by atoms with E-state index in [1.807, 2.05) is 38.1 Å². The van der Waals surface area contributed by atoms with Gasteiger partial charge in [0.25, 0.3) is 5.91 Å².